The average Bonchev–Trinajstić information content (AvgIpc) is 2.33. The summed E-state index contributed by atoms with van der Waals surface area (Å²) in [5.41, 5.74) is 8.02. The standard InChI is InChI=1S/C9H17N5O2/c10-13-12-8-9(15)11-2-1-3-14-4-6-16-7-5-14/h1-8H2,(H,11,15). The minimum Gasteiger partial charge on any atom is -0.379 e. The van der Waals surface area contributed by atoms with Crippen molar-refractivity contribution in [3.63, 3.8) is 0 Å². The maximum absolute atomic E-state index is 11.0. The summed E-state index contributed by atoms with van der Waals surface area (Å²) in [7, 11) is 0. The van der Waals surface area contributed by atoms with Gasteiger partial charge in [0.05, 0.1) is 13.2 Å². The molecule has 0 saturated carbocycles. The van der Waals surface area contributed by atoms with Crippen molar-refractivity contribution < 1.29 is 9.53 Å². The Morgan fingerprint density at radius 1 is 1.50 bits per heavy atom. The Kier molecular flexibility index (Phi) is 6.32. The largest absolute Gasteiger partial charge is 0.379 e. The first-order valence-electron chi connectivity index (χ1n) is 5.40. The van der Waals surface area contributed by atoms with Gasteiger partial charge in [0.15, 0.2) is 0 Å². The first-order chi connectivity index (χ1) is 7.83. The van der Waals surface area contributed by atoms with Crippen molar-refractivity contribution in [1.29, 1.82) is 0 Å². The highest BCUT2D eigenvalue weighted by atomic mass is 16.5. The van der Waals surface area contributed by atoms with E-state index in [1.54, 1.807) is 0 Å². The fourth-order valence-electron chi connectivity index (χ4n) is 1.51. The molecule has 16 heavy (non-hydrogen) atoms. The minimum atomic E-state index is -0.222. The molecule has 1 fully saturated rings. The van der Waals surface area contributed by atoms with Gasteiger partial charge in [0.25, 0.3) is 0 Å². The lowest BCUT2D eigenvalue weighted by atomic mass is 10.3. The maximum atomic E-state index is 11.0. The molecule has 90 valence electrons. The molecule has 7 heteroatoms. The van der Waals surface area contributed by atoms with Crippen LogP contribution in [0.15, 0.2) is 5.11 Å². The van der Waals surface area contributed by atoms with Crippen molar-refractivity contribution in [2.24, 2.45) is 5.11 Å². The molecule has 1 heterocycles. The summed E-state index contributed by atoms with van der Waals surface area (Å²) in [6, 6.07) is 0. The van der Waals surface area contributed by atoms with Crippen molar-refractivity contribution in [1.82, 2.24) is 10.2 Å². The van der Waals surface area contributed by atoms with Crippen molar-refractivity contribution in [2.45, 2.75) is 6.42 Å². The number of nitrogens with zero attached hydrogens (tertiary/aromatic N) is 4. The van der Waals surface area contributed by atoms with Crippen LogP contribution in [0.4, 0.5) is 0 Å². The molecule has 0 aromatic heterocycles. The number of rotatable bonds is 6. The molecule has 0 radical (unpaired) electrons. The summed E-state index contributed by atoms with van der Waals surface area (Å²) in [6.07, 6.45) is 0.905. The molecule has 1 saturated heterocycles. The van der Waals surface area contributed by atoms with Crippen LogP contribution in [0.5, 0.6) is 0 Å². The maximum Gasteiger partial charge on any atom is 0.225 e. The number of hydrogen-bond acceptors (Lipinski definition) is 4. The molecule has 0 aromatic carbocycles. The van der Waals surface area contributed by atoms with Crippen LogP contribution in [0.1, 0.15) is 6.42 Å². The van der Waals surface area contributed by atoms with E-state index >= 15 is 0 Å². The van der Waals surface area contributed by atoms with Crippen LogP contribution in [0.2, 0.25) is 0 Å². The van der Waals surface area contributed by atoms with Gasteiger partial charge in [-0.25, -0.2) is 0 Å². The Morgan fingerprint density at radius 3 is 2.94 bits per heavy atom. The van der Waals surface area contributed by atoms with Gasteiger partial charge in [0.2, 0.25) is 5.91 Å². The average molecular weight is 227 g/mol. The van der Waals surface area contributed by atoms with Crippen molar-refractivity contribution >= 4 is 5.91 Å². The lowest BCUT2D eigenvalue weighted by Crippen LogP contribution is -2.38. The molecule has 0 spiro atoms. The third-order valence-electron chi connectivity index (χ3n) is 2.35. The van der Waals surface area contributed by atoms with E-state index in [2.05, 4.69) is 20.2 Å². The number of azide groups is 1. The second-order valence-corrected chi connectivity index (χ2v) is 3.55. The first kappa shape index (κ1) is 12.8. The highest BCUT2D eigenvalue weighted by Crippen LogP contribution is 1.97. The Bertz CT molecular complexity index is 259. The third kappa shape index (κ3) is 5.55. The quantitative estimate of drug-likeness (QED) is 0.303. The van der Waals surface area contributed by atoms with E-state index in [4.69, 9.17) is 10.3 Å². The second-order valence-electron chi connectivity index (χ2n) is 3.55. The Labute approximate surface area is 94.4 Å². The van der Waals surface area contributed by atoms with Gasteiger partial charge in [-0.05, 0) is 18.5 Å². The summed E-state index contributed by atoms with van der Waals surface area (Å²) < 4.78 is 5.23. The Morgan fingerprint density at radius 2 is 2.25 bits per heavy atom. The fourth-order valence-corrected chi connectivity index (χ4v) is 1.51. The summed E-state index contributed by atoms with van der Waals surface area (Å²) in [5, 5.41) is 5.88. The van der Waals surface area contributed by atoms with E-state index in [0.29, 0.717) is 6.54 Å². The van der Waals surface area contributed by atoms with Crippen molar-refractivity contribution in [3.8, 4) is 0 Å². The predicted octanol–water partition coefficient (Wildman–Crippen LogP) is 0.135. The zero-order valence-corrected chi connectivity index (χ0v) is 9.26. The molecule has 0 aromatic rings. The predicted molar refractivity (Wildman–Crippen MR) is 58.9 cm³/mol. The van der Waals surface area contributed by atoms with Gasteiger partial charge in [-0.1, -0.05) is 5.11 Å². The number of amides is 1. The Balaban J connectivity index is 1.98. The highest BCUT2D eigenvalue weighted by Gasteiger charge is 2.09. The van der Waals surface area contributed by atoms with Crippen LogP contribution >= 0.6 is 0 Å². The smallest absolute Gasteiger partial charge is 0.225 e. The third-order valence-corrected chi connectivity index (χ3v) is 2.35. The fraction of sp³-hybridized carbons (Fsp3) is 0.889. The molecule has 1 rings (SSSR count). The van der Waals surface area contributed by atoms with Crippen LogP contribution in [0, 0.1) is 0 Å². The number of nitrogens with one attached hydrogen (secondary N) is 1. The summed E-state index contributed by atoms with van der Waals surface area (Å²) in [4.78, 5) is 15.9. The molecule has 1 N–H and O–H groups in total. The topological polar surface area (TPSA) is 90.3 Å². The summed E-state index contributed by atoms with van der Waals surface area (Å²) in [5.74, 6) is -0.222. The summed E-state index contributed by atoms with van der Waals surface area (Å²) in [6.45, 7) is 4.99. The number of carbonyl (C=O) groups excluding carboxylic acids is 1. The lowest BCUT2D eigenvalue weighted by Gasteiger charge is -2.26. The number of ether oxygens (including phenoxy) is 1. The second kappa shape index (κ2) is 7.92. The van der Waals surface area contributed by atoms with E-state index in [-0.39, 0.29) is 12.5 Å². The monoisotopic (exact) mass is 227 g/mol. The molecule has 0 atom stereocenters. The van der Waals surface area contributed by atoms with Crippen LogP contribution in [0.25, 0.3) is 10.4 Å². The molecule has 0 unspecified atom stereocenters. The molecule has 1 amide bonds. The van der Waals surface area contributed by atoms with Crippen LogP contribution in [-0.4, -0.2) is 56.7 Å². The van der Waals surface area contributed by atoms with Gasteiger partial charge >= 0.3 is 0 Å². The van der Waals surface area contributed by atoms with Crippen LogP contribution in [0.3, 0.4) is 0 Å². The normalized spacial score (nSPS) is 16.5. The van der Waals surface area contributed by atoms with Crippen LogP contribution in [-0.2, 0) is 9.53 Å². The SMILES string of the molecule is [N-]=[N+]=NCC(=O)NCCCN1CCOCC1. The van der Waals surface area contributed by atoms with Gasteiger partial charge in [0, 0.05) is 24.5 Å². The number of carbonyl (C=O) groups is 1. The van der Waals surface area contributed by atoms with E-state index in [0.717, 1.165) is 39.3 Å². The van der Waals surface area contributed by atoms with E-state index in [9.17, 15) is 4.79 Å². The van der Waals surface area contributed by atoms with Crippen LogP contribution < -0.4 is 5.32 Å². The minimum absolute atomic E-state index is 0.117. The molecule has 0 aliphatic carbocycles. The zero-order chi connectivity index (χ0) is 11.6. The molecule has 1 aliphatic heterocycles. The molecule has 7 nitrogen and oxygen atoms in total. The summed E-state index contributed by atoms with van der Waals surface area (Å²) >= 11 is 0. The molecule has 0 bridgehead atoms. The van der Waals surface area contributed by atoms with E-state index in [1.165, 1.54) is 0 Å². The van der Waals surface area contributed by atoms with E-state index in [1.807, 2.05) is 0 Å². The van der Waals surface area contributed by atoms with Gasteiger partial charge in [-0.3, -0.25) is 9.69 Å². The Hall–Kier alpha value is -1.30. The number of hydrogen-bond donors (Lipinski definition) is 1. The molecular formula is C9H17N5O2. The molecular weight excluding hydrogens is 210 g/mol. The number of morpholine rings is 1. The van der Waals surface area contributed by atoms with Gasteiger partial charge in [0.1, 0.15) is 6.54 Å². The van der Waals surface area contributed by atoms with Gasteiger partial charge in [-0.15, -0.1) is 0 Å². The van der Waals surface area contributed by atoms with Gasteiger partial charge < -0.3 is 10.1 Å². The first-order valence-corrected chi connectivity index (χ1v) is 5.40. The van der Waals surface area contributed by atoms with Crippen molar-refractivity contribution in [3.05, 3.63) is 10.4 Å². The molecule has 1 aliphatic rings. The lowest BCUT2D eigenvalue weighted by molar-refractivity contribution is -0.119. The van der Waals surface area contributed by atoms with Gasteiger partial charge in [-0.2, -0.15) is 0 Å². The van der Waals surface area contributed by atoms with Crippen molar-refractivity contribution in [2.75, 3.05) is 45.9 Å². The zero-order valence-electron chi connectivity index (χ0n) is 9.26. The van der Waals surface area contributed by atoms with E-state index < -0.39 is 0 Å². The highest BCUT2D eigenvalue weighted by molar-refractivity contribution is 5.78.